The molecular formula is C9H4O4. The third-order valence-electron chi connectivity index (χ3n) is 1.96. The molecule has 2 aromatic carbocycles. The Labute approximate surface area is 71.7 Å². The van der Waals surface area contributed by atoms with Gasteiger partial charge in [0.15, 0.2) is 0 Å². The highest BCUT2D eigenvalue weighted by Gasteiger charge is 2.13. The fourth-order valence-electron chi connectivity index (χ4n) is 1.25. The summed E-state index contributed by atoms with van der Waals surface area (Å²) in [5.74, 6) is -1.10. The van der Waals surface area contributed by atoms with E-state index in [2.05, 4.69) is 0 Å². The minimum Gasteiger partial charge on any atom is -0.478 e. The van der Waals surface area contributed by atoms with Crippen molar-refractivity contribution < 1.29 is 9.90 Å². The van der Waals surface area contributed by atoms with E-state index in [0.717, 1.165) is 0 Å². The molecule has 0 saturated heterocycles. The van der Waals surface area contributed by atoms with Crippen LogP contribution < -0.4 is 10.9 Å². The molecule has 0 aliphatic rings. The van der Waals surface area contributed by atoms with Gasteiger partial charge in [0.05, 0.1) is 5.56 Å². The van der Waals surface area contributed by atoms with E-state index < -0.39 is 16.8 Å². The summed E-state index contributed by atoms with van der Waals surface area (Å²) in [6.07, 6.45) is 0. The Kier molecular flexibility index (Phi) is 1.33. The van der Waals surface area contributed by atoms with Gasteiger partial charge in [0, 0.05) is 10.8 Å². The SMILES string of the molecule is O=C(O)c1ccc2c(=O)c(=O)c2c1. The van der Waals surface area contributed by atoms with Gasteiger partial charge in [-0.15, -0.1) is 0 Å². The molecule has 0 bridgehead atoms. The molecule has 0 aliphatic carbocycles. The van der Waals surface area contributed by atoms with Gasteiger partial charge in [-0.1, -0.05) is 0 Å². The quantitative estimate of drug-likeness (QED) is 0.627. The summed E-state index contributed by atoms with van der Waals surface area (Å²) in [7, 11) is 0. The monoisotopic (exact) mass is 176 g/mol. The molecule has 4 nitrogen and oxygen atoms in total. The lowest BCUT2D eigenvalue weighted by atomic mass is 10.0. The zero-order valence-electron chi connectivity index (χ0n) is 6.40. The molecule has 1 N–H and O–H groups in total. The minimum absolute atomic E-state index is 0.0274. The number of hydrogen-bond donors (Lipinski definition) is 1. The lowest BCUT2D eigenvalue weighted by Gasteiger charge is -1.99. The van der Waals surface area contributed by atoms with E-state index in [1.165, 1.54) is 18.2 Å². The highest BCUT2D eigenvalue weighted by molar-refractivity contribution is 5.96. The van der Waals surface area contributed by atoms with E-state index in [0.29, 0.717) is 5.39 Å². The molecule has 0 radical (unpaired) electrons. The van der Waals surface area contributed by atoms with Crippen molar-refractivity contribution in [3.05, 3.63) is 44.2 Å². The summed E-state index contributed by atoms with van der Waals surface area (Å²) in [6.45, 7) is 0. The number of carboxylic acid groups (broad SMARTS) is 1. The molecule has 4 heteroatoms. The molecular weight excluding hydrogens is 172 g/mol. The molecule has 2 rings (SSSR count). The fourth-order valence-corrected chi connectivity index (χ4v) is 1.25. The molecule has 0 heterocycles. The van der Waals surface area contributed by atoms with Gasteiger partial charge >= 0.3 is 5.97 Å². The summed E-state index contributed by atoms with van der Waals surface area (Å²) >= 11 is 0. The number of benzene rings is 1. The number of carboxylic acids is 1. The lowest BCUT2D eigenvalue weighted by molar-refractivity contribution is 0.0697. The Morgan fingerprint density at radius 3 is 2.31 bits per heavy atom. The summed E-state index contributed by atoms with van der Waals surface area (Å²) in [6, 6.07) is 3.90. The molecule has 0 saturated carbocycles. The van der Waals surface area contributed by atoms with E-state index in [1.807, 2.05) is 0 Å². The van der Waals surface area contributed by atoms with Crippen LogP contribution in [0.25, 0.3) is 10.8 Å². The molecule has 64 valence electrons. The van der Waals surface area contributed by atoms with Crippen molar-refractivity contribution in [1.82, 2.24) is 0 Å². The van der Waals surface area contributed by atoms with Crippen LogP contribution in [-0.4, -0.2) is 11.1 Å². The van der Waals surface area contributed by atoms with Crippen LogP contribution in [0.5, 0.6) is 0 Å². The summed E-state index contributed by atoms with van der Waals surface area (Å²) in [5.41, 5.74) is -1.11. The second-order valence-electron chi connectivity index (χ2n) is 2.72. The number of hydrogen-bond acceptors (Lipinski definition) is 3. The highest BCUT2D eigenvalue weighted by Crippen LogP contribution is 2.10. The fraction of sp³-hybridized carbons (Fsp3) is 0. The van der Waals surface area contributed by atoms with Crippen LogP contribution in [0.15, 0.2) is 27.8 Å². The molecule has 0 fully saturated rings. The molecule has 0 aliphatic heterocycles. The molecule has 0 amide bonds. The Bertz CT molecular complexity index is 573. The number of aromatic carboxylic acids is 1. The van der Waals surface area contributed by atoms with Crippen LogP contribution in [-0.2, 0) is 0 Å². The van der Waals surface area contributed by atoms with Crippen LogP contribution >= 0.6 is 0 Å². The first-order valence-electron chi connectivity index (χ1n) is 3.57. The van der Waals surface area contributed by atoms with Gasteiger partial charge in [0.1, 0.15) is 0 Å². The van der Waals surface area contributed by atoms with Crippen molar-refractivity contribution >= 4 is 16.7 Å². The van der Waals surface area contributed by atoms with Crippen LogP contribution in [0.4, 0.5) is 0 Å². The van der Waals surface area contributed by atoms with Gasteiger partial charge in [0.2, 0.25) is 10.9 Å². The largest absolute Gasteiger partial charge is 0.478 e. The van der Waals surface area contributed by atoms with E-state index in [9.17, 15) is 14.4 Å². The number of rotatable bonds is 1. The topological polar surface area (TPSA) is 71.4 Å². The Hall–Kier alpha value is -1.97. The average molecular weight is 176 g/mol. The molecule has 0 spiro atoms. The Morgan fingerprint density at radius 2 is 1.69 bits per heavy atom. The van der Waals surface area contributed by atoms with Crippen molar-refractivity contribution in [3.8, 4) is 0 Å². The summed E-state index contributed by atoms with van der Waals surface area (Å²) in [4.78, 5) is 32.2. The van der Waals surface area contributed by atoms with E-state index in [1.54, 1.807) is 0 Å². The van der Waals surface area contributed by atoms with Crippen molar-refractivity contribution in [2.45, 2.75) is 0 Å². The van der Waals surface area contributed by atoms with Gasteiger partial charge < -0.3 is 5.11 Å². The Morgan fingerprint density at radius 1 is 1.08 bits per heavy atom. The predicted molar refractivity (Wildman–Crippen MR) is 45.8 cm³/mol. The van der Waals surface area contributed by atoms with Crippen molar-refractivity contribution in [1.29, 1.82) is 0 Å². The first kappa shape index (κ1) is 7.67. The summed E-state index contributed by atoms with van der Waals surface area (Å²) in [5, 5.41) is 9.11. The lowest BCUT2D eigenvalue weighted by Crippen LogP contribution is -2.30. The molecule has 13 heavy (non-hydrogen) atoms. The van der Waals surface area contributed by atoms with Crippen LogP contribution in [0.2, 0.25) is 0 Å². The predicted octanol–water partition coefficient (Wildman–Crippen LogP) is 0.134. The maximum absolute atomic E-state index is 10.9. The van der Waals surface area contributed by atoms with Crippen LogP contribution in [0.1, 0.15) is 10.4 Å². The maximum Gasteiger partial charge on any atom is 0.335 e. The van der Waals surface area contributed by atoms with E-state index >= 15 is 0 Å². The molecule has 0 atom stereocenters. The van der Waals surface area contributed by atoms with Gasteiger partial charge in [-0.2, -0.15) is 0 Å². The number of carbonyl (C=O) groups is 1. The molecule has 2 aromatic rings. The summed E-state index contributed by atoms with van der Waals surface area (Å²) < 4.78 is 0. The Balaban J connectivity index is 2.79. The van der Waals surface area contributed by atoms with Crippen molar-refractivity contribution in [3.63, 3.8) is 0 Å². The van der Waals surface area contributed by atoms with Gasteiger partial charge in [-0.3, -0.25) is 9.59 Å². The first-order chi connectivity index (χ1) is 6.11. The second-order valence-corrected chi connectivity index (χ2v) is 2.72. The number of fused-ring (bicyclic) bond motifs is 1. The zero-order chi connectivity index (χ0) is 9.59. The zero-order valence-corrected chi connectivity index (χ0v) is 6.40. The minimum atomic E-state index is -1.10. The third-order valence-corrected chi connectivity index (χ3v) is 1.96. The molecule has 0 unspecified atom stereocenters. The van der Waals surface area contributed by atoms with Crippen molar-refractivity contribution in [2.24, 2.45) is 0 Å². The van der Waals surface area contributed by atoms with E-state index in [-0.39, 0.29) is 10.9 Å². The smallest absolute Gasteiger partial charge is 0.335 e. The molecule has 0 aromatic heterocycles. The second kappa shape index (κ2) is 2.26. The standard InChI is InChI=1S/C9H4O4/c10-7-5-2-1-4(9(12)13)3-6(5)8(7)11/h1-3H,(H,12,13). The van der Waals surface area contributed by atoms with E-state index in [4.69, 9.17) is 5.11 Å². The van der Waals surface area contributed by atoms with Crippen molar-refractivity contribution in [2.75, 3.05) is 0 Å². The first-order valence-corrected chi connectivity index (χ1v) is 3.57. The normalized spacial score (nSPS) is 10.8. The maximum atomic E-state index is 10.9. The van der Waals surface area contributed by atoms with Gasteiger partial charge in [-0.05, 0) is 18.2 Å². The van der Waals surface area contributed by atoms with Gasteiger partial charge in [0.25, 0.3) is 0 Å². The average Bonchev–Trinajstić information content (AvgIpc) is 2.15. The third kappa shape index (κ3) is 0.885. The van der Waals surface area contributed by atoms with Crippen LogP contribution in [0, 0.1) is 0 Å². The van der Waals surface area contributed by atoms with Gasteiger partial charge in [-0.25, -0.2) is 4.79 Å². The highest BCUT2D eigenvalue weighted by atomic mass is 16.4. The van der Waals surface area contributed by atoms with Crippen LogP contribution in [0.3, 0.4) is 0 Å².